The van der Waals surface area contributed by atoms with E-state index in [4.69, 9.17) is 13.9 Å². The molecule has 0 bridgehead atoms. The van der Waals surface area contributed by atoms with E-state index >= 15 is 0 Å². The van der Waals surface area contributed by atoms with Gasteiger partial charge in [-0.05, 0) is 46.5 Å². The van der Waals surface area contributed by atoms with E-state index in [1.54, 1.807) is 14.2 Å². The highest BCUT2D eigenvalue weighted by Gasteiger charge is 2.50. The van der Waals surface area contributed by atoms with Crippen molar-refractivity contribution in [3.8, 4) is 11.5 Å². The lowest BCUT2D eigenvalue weighted by molar-refractivity contribution is -0.125. The van der Waals surface area contributed by atoms with Crippen LogP contribution >= 0.6 is 0 Å². The summed E-state index contributed by atoms with van der Waals surface area (Å²) in [7, 11) is 0.411. The average molecular weight is 548 g/mol. The Balaban J connectivity index is 1.99. The number of amides is 1. The molecular formula is C32H41NO5Si. The van der Waals surface area contributed by atoms with Gasteiger partial charge in [-0.25, -0.2) is 0 Å². The molecule has 0 aliphatic rings. The van der Waals surface area contributed by atoms with Gasteiger partial charge in [0.1, 0.15) is 5.78 Å². The van der Waals surface area contributed by atoms with Gasteiger partial charge < -0.3 is 24.0 Å². The van der Waals surface area contributed by atoms with E-state index in [1.807, 2.05) is 30.3 Å². The van der Waals surface area contributed by atoms with E-state index in [-0.39, 0.29) is 35.6 Å². The van der Waals surface area contributed by atoms with Crippen LogP contribution in [0.4, 0.5) is 0 Å². The molecule has 0 radical (unpaired) electrons. The molecule has 39 heavy (non-hydrogen) atoms. The number of ketones is 1. The SMILES string of the molecule is COc1ccc(C[C@@H](CO[Si](c2ccccc2)(c2ccccc2)C(C)(C)C)NC(=O)CCC(C)=O)cc1OC. The zero-order chi connectivity index (χ0) is 28.5. The lowest BCUT2D eigenvalue weighted by Gasteiger charge is -2.43. The third-order valence-electron chi connectivity index (χ3n) is 6.92. The van der Waals surface area contributed by atoms with Crippen molar-refractivity contribution < 1.29 is 23.5 Å². The van der Waals surface area contributed by atoms with Crippen LogP contribution in [0.3, 0.4) is 0 Å². The van der Waals surface area contributed by atoms with Crippen LogP contribution in [0.25, 0.3) is 0 Å². The maximum Gasteiger partial charge on any atom is 0.261 e. The lowest BCUT2D eigenvalue weighted by Crippen LogP contribution is -2.67. The van der Waals surface area contributed by atoms with Crippen LogP contribution < -0.4 is 25.2 Å². The molecule has 0 saturated heterocycles. The van der Waals surface area contributed by atoms with Gasteiger partial charge >= 0.3 is 0 Å². The summed E-state index contributed by atoms with van der Waals surface area (Å²) >= 11 is 0. The summed E-state index contributed by atoms with van der Waals surface area (Å²) in [6, 6.07) is 26.3. The topological polar surface area (TPSA) is 73.9 Å². The quantitative estimate of drug-likeness (QED) is 0.315. The van der Waals surface area contributed by atoms with Crippen molar-refractivity contribution >= 4 is 30.4 Å². The normalized spacial score (nSPS) is 12.5. The summed E-state index contributed by atoms with van der Waals surface area (Å²) in [5.41, 5.74) is 0.982. The summed E-state index contributed by atoms with van der Waals surface area (Å²) in [6.07, 6.45) is 0.895. The predicted molar refractivity (Wildman–Crippen MR) is 159 cm³/mol. The molecule has 3 aromatic carbocycles. The Bertz CT molecular complexity index is 1180. The fourth-order valence-electron chi connectivity index (χ4n) is 5.02. The summed E-state index contributed by atoms with van der Waals surface area (Å²) < 4.78 is 18.0. The molecule has 0 aliphatic carbocycles. The maximum atomic E-state index is 12.9. The van der Waals surface area contributed by atoms with Crippen molar-refractivity contribution in [3.05, 3.63) is 84.4 Å². The first-order valence-electron chi connectivity index (χ1n) is 13.4. The standard InChI is InChI=1S/C32H41NO5Si/c1-24(34)17-20-31(35)33-26(21-25-18-19-29(36-5)30(22-25)37-6)23-38-39(32(2,3)4,27-13-9-7-10-14-27)28-15-11-8-12-16-28/h7-16,18-19,22,26H,17,20-21,23H2,1-6H3,(H,33,35)/t26-/m0/s1. The van der Waals surface area contributed by atoms with Crippen LogP contribution in [0.1, 0.15) is 46.1 Å². The van der Waals surface area contributed by atoms with Crippen LogP contribution in [0.2, 0.25) is 5.04 Å². The predicted octanol–water partition coefficient (Wildman–Crippen LogP) is 4.68. The third-order valence-corrected chi connectivity index (χ3v) is 11.9. The maximum absolute atomic E-state index is 12.9. The van der Waals surface area contributed by atoms with Gasteiger partial charge in [-0.2, -0.15) is 0 Å². The first-order chi connectivity index (χ1) is 18.6. The van der Waals surface area contributed by atoms with E-state index in [9.17, 15) is 9.59 Å². The fraction of sp³-hybridized carbons (Fsp3) is 0.375. The second-order valence-electron chi connectivity index (χ2n) is 10.8. The second-order valence-corrected chi connectivity index (χ2v) is 15.1. The monoisotopic (exact) mass is 547 g/mol. The van der Waals surface area contributed by atoms with Crippen molar-refractivity contribution in [2.24, 2.45) is 0 Å². The average Bonchev–Trinajstić information content (AvgIpc) is 2.92. The number of benzene rings is 3. The highest BCUT2D eigenvalue weighted by atomic mass is 28.4. The molecule has 3 aromatic rings. The van der Waals surface area contributed by atoms with Crippen LogP contribution in [-0.4, -0.2) is 46.9 Å². The molecule has 0 unspecified atom stereocenters. The highest BCUT2D eigenvalue weighted by molar-refractivity contribution is 6.99. The number of hydrogen-bond acceptors (Lipinski definition) is 5. The minimum Gasteiger partial charge on any atom is -0.493 e. The molecule has 1 amide bonds. The van der Waals surface area contributed by atoms with Gasteiger partial charge in [-0.15, -0.1) is 0 Å². The number of carbonyl (C=O) groups is 2. The van der Waals surface area contributed by atoms with Gasteiger partial charge in [-0.3, -0.25) is 4.79 Å². The minimum atomic E-state index is -2.80. The van der Waals surface area contributed by atoms with Crippen LogP contribution in [0, 0.1) is 0 Å². The molecule has 1 N–H and O–H groups in total. The molecule has 3 rings (SSSR count). The van der Waals surface area contributed by atoms with E-state index < -0.39 is 8.32 Å². The Hall–Kier alpha value is -3.42. The second kappa shape index (κ2) is 13.6. The minimum absolute atomic E-state index is 0.00912. The molecule has 0 aliphatic heterocycles. The number of methoxy groups -OCH3 is 2. The molecule has 0 aromatic heterocycles. The molecule has 208 valence electrons. The van der Waals surface area contributed by atoms with E-state index in [1.165, 1.54) is 17.3 Å². The number of rotatable bonds is 13. The zero-order valence-corrected chi connectivity index (χ0v) is 25.0. The molecule has 0 saturated carbocycles. The molecule has 6 nitrogen and oxygen atoms in total. The van der Waals surface area contributed by atoms with Gasteiger partial charge in [0.2, 0.25) is 5.91 Å². The van der Waals surface area contributed by atoms with E-state index in [0.717, 1.165) is 5.56 Å². The molecule has 1 atom stereocenters. The van der Waals surface area contributed by atoms with Crippen molar-refractivity contribution in [3.63, 3.8) is 0 Å². The number of nitrogens with one attached hydrogen (secondary N) is 1. The molecular weight excluding hydrogens is 506 g/mol. The van der Waals surface area contributed by atoms with Crippen molar-refractivity contribution in [1.82, 2.24) is 5.32 Å². The third kappa shape index (κ3) is 7.58. The van der Waals surface area contributed by atoms with Gasteiger partial charge in [0, 0.05) is 12.8 Å². The number of Topliss-reactive ketones (excluding diaryl/α,β-unsaturated/α-hetero) is 1. The first kappa shape index (κ1) is 30.1. The van der Waals surface area contributed by atoms with E-state index in [2.05, 4.69) is 74.6 Å². The van der Waals surface area contributed by atoms with Crippen LogP contribution in [0.5, 0.6) is 11.5 Å². The molecule has 7 heteroatoms. The van der Waals surface area contributed by atoms with Crippen molar-refractivity contribution in [2.45, 2.75) is 58.0 Å². The molecule has 0 fully saturated rings. The van der Waals surface area contributed by atoms with Crippen molar-refractivity contribution in [1.29, 1.82) is 0 Å². The summed E-state index contributed by atoms with van der Waals surface area (Å²) in [5, 5.41) is 5.31. The molecule has 0 heterocycles. The van der Waals surface area contributed by atoms with Gasteiger partial charge in [0.15, 0.2) is 11.5 Å². The Kier molecular flexibility index (Phi) is 10.5. The Morgan fingerprint density at radius 1 is 0.821 bits per heavy atom. The lowest BCUT2D eigenvalue weighted by atomic mass is 10.1. The summed E-state index contributed by atoms with van der Waals surface area (Å²) in [6.45, 7) is 8.50. The molecule has 0 spiro atoms. The van der Waals surface area contributed by atoms with E-state index in [0.29, 0.717) is 24.5 Å². The van der Waals surface area contributed by atoms with Crippen molar-refractivity contribution in [2.75, 3.05) is 20.8 Å². The number of hydrogen-bond donors (Lipinski definition) is 1. The van der Waals surface area contributed by atoms with Gasteiger partial charge in [0.05, 0.1) is 26.9 Å². The van der Waals surface area contributed by atoms with Crippen LogP contribution in [-0.2, 0) is 20.4 Å². The first-order valence-corrected chi connectivity index (χ1v) is 15.3. The fourth-order valence-corrected chi connectivity index (χ4v) is 9.63. The van der Waals surface area contributed by atoms with Gasteiger partial charge in [0.25, 0.3) is 8.32 Å². The number of carbonyl (C=O) groups excluding carboxylic acids is 2. The smallest absolute Gasteiger partial charge is 0.261 e. The summed E-state index contributed by atoms with van der Waals surface area (Å²) in [5.74, 6) is 1.10. The Morgan fingerprint density at radius 2 is 1.38 bits per heavy atom. The Morgan fingerprint density at radius 3 is 1.87 bits per heavy atom. The Labute approximate surface area is 233 Å². The number of ether oxygens (including phenoxy) is 2. The van der Waals surface area contributed by atoms with Crippen LogP contribution in [0.15, 0.2) is 78.9 Å². The largest absolute Gasteiger partial charge is 0.493 e. The summed E-state index contributed by atoms with van der Waals surface area (Å²) in [4.78, 5) is 24.4. The van der Waals surface area contributed by atoms with Gasteiger partial charge in [-0.1, -0.05) is 87.5 Å². The zero-order valence-electron chi connectivity index (χ0n) is 24.0. The highest BCUT2D eigenvalue weighted by Crippen LogP contribution is 2.37.